The van der Waals surface area contributed by atoms with Crippen LogP contribution in [-0.2, 0) is 18.5 Å². The summed E-state index contributed by atoms with van der Waals surface area (Å²) in [6, 6.07) is 5.10. The Labute approximate surface area is 124 Å². The summed E-state index contributed by atoms with van der Waals surface area (Å²) in [5, 5.41) is 9.83. The molecule has 0 spiro atoms. The molecule has 0 fully saturated rings. The molecule has 7 heteroatoms. The van der Waals surface area contributed by atoms with Crippen LogP contribution in [0.15, 0.2) is 43.0 Å². The minimum atomic E-state index is -4.30. The van der Waals surface area contributed by atoms with Crippen LogP contribution < -0.4 is 0 Å². The predicted octanol–water partition coefficient (Wildman–Crippen LogP) is 3.20. The van der Waals surface area contributed by atoms with Gasteiger partial charge in [-0.2, -0.15) is 24.9 Å². The molecule has 114 valence electrons. The first kappa shape index (κ1) is 15.9. The van der Waals surface area contributed by atoms with Gasteiger partial charge in [0.15, 0.2) is 0 Å². The quantitative estimate of drug-likeness (QED) is 0.889. The second-order valence-electron chi connectivity index (χ2n) is 4.62. The van der Waals surface area contributed by atoms with E-state index in [4.69, 9.17) is 0 Å². The Morgan fingerprint density at radius 2 is 1.95 bits per heavy atom. The number of hydrogen-bond donors (Lipinski definition) is 1. The Hall–Kier alpha value is -1.47. The Balaban J connectivity index is 1.75. The number of halogens is 3. The molecule has 1 unspecified atom stereocenters. The maximum Gasteiger partial charge on any atom is 0.416 e. The third-order valence-electron chi connectivity index (χ3n) is 2.84. The number of aromatic nitrogens is 2. The highest BCUT2D eigenvalue weighted by Crippen LogP contribution is 2.29. The molecule has 0 bridgehead atoms. The monoisotopic (exact) mass is 316 g/mol. The van der Waals surface area contributed by atoms with Crippen molar-refractivity contribution < 1.29 is 18.3 Å². The summed E-state index contributed by atoms with van der Waals surface area (Å²) in [6.45, 7) is 0.458. The highest BCUT2D eigenvalue weighted by atomic mass is 32.2. The second kappa shape index (κ2) is 7.00. The van der Waals surface area contributed by atoms with E-state index in [1.807, 2.05) is 0 Å². The van der Waals surface area contributed by atoms with Gasteiger partial charge >= 0.3 is 6.18 Å². The third kappa shape index (κ3) is 5.09. The van der Waals surface area contributed by atoms with E-state index < -0.39 is 17.8 Å². The van der Waals surface area contributed by atoms with Crippen molar-refractivity contribution in [1.82, 2.24) is 9.55 Å². The van der Waals surface area contributed by atoms with Gasteiger partial charge in [0.2, 0.25) is 0 Å². The summed E-state index contributed by atoms with van der Waals surface area (Å²) in [6.07, 6.45) is 0.223. The third-order valence-corrected chi connectivity index (χ3v) is 4.00. The average Bonchev–Trinajstić information content (AvgIpc) is 2.91. The Kier molecular flexibility index (Phi) is 5.30. The summed E-state index contributed by atoms with van der Waals surface area (Å²) in [5.41, 5.74) is 0.166. The molecule has 0 saturated carbocycles. The summed E-state index contributed by atoms with van der Waals surface area (Å²) in [7, 11) is 0. The van der Waals surface area contributed by atoms with Gasteiger partial charge in [0, 0.05) is 23.9 Å². The number of nitrogens with zero attached hydrogens (tertiary/aromatic N) is 2. The number of hydrogen-bond acceptors (Lipinski definition) is 3. The van der Waals surface area contributed by atoms with Crippen molar-refractivity contribution in [3.63, 3.8) is 0 Å². The van der Waals surface area contributed by atoms with E-state index in [2.05, 4.69) is 4.98 Å². The maximum atomic E-state index is 12.4. The van der Waals surface area contributed by atoms with Gasteiger partial charge in [-0.3, -0.25) is 0 Å². The van der Waals surface area contributed by atoms with Crippen LogP contribution in [0.1, 0.15) is 11.1 Å². The fraction of sp³-hybridized carbons (Fsp3) is 0.357. The van der Waals surface area contributed by atoms with Crippen LogP contribution in [0.2, 0.25) is 0 Å². The highest BCUT2D eigenvalue weighted by Gasteiger charge is 2.29. The van der Waals surface area contributed by atoms with Gasteiger partial charge in [-0.05, 0) is 17.7 Å². The molecule has 2 aromatic rings. The molecule has 1 aromatic carbocycles. The highest BCUT2D eigenvalue weighted by molar-refractivity contribution is 7.98. The standard InChI is InChI=1S/C14H15F3N2OS/c15-14(16,17)12-3-1-11(2-4-12)8-21-9-13(20)7-19-6-5-18-10-19/h1-6,10,13,20H,7-9H2. The van der Waals surface area contributed by atoms with Crippen LogP contribution in [0, 0.1) is 0 Å². The van der Waals surface area contributed by atoms with E-state index in [1.54, 1.807) is 23.3 Å². The van der Waals surface area contributed by atoms with Gasteiger partial charge < -0.3 is 9.67 Å². The van der Waals surface area contributed by atoms with Crippen molar-refractivity contribution in [3.8, 4) is 0 Å². The lowest BCUT2D eigenvalue weighted by atomic mass is 10.1. The fourth-order valence-electron chi connectivity index (χ4n) is 1.79. The lowest BCUT2D eigenvalue weighted by molar-refractivity contribution is -0.137. The number of aliphatic hydroxyl groups excluding tert-OH is 1. The van der Waals surface area contributed by atoms with Crippen molar-refractivity contribution >= 4 is 11.8 Å². The molecule has 1 atom stereocenters. The molecule has 2 rings (SSSR count). The zero-order valence-electron chi connectivity index (χ0n) is 11.1. The Morgan fingerprint density at radius 1 is 1.24 bits per heavy atom. The number of benzene rings is 1. The summed E-state index contributed by atoms with van der Waals surface area (Å²) < 4.78 is 39.0. The number of imidazole rings is 1. The van der Waals surface area contributed by atoms with Crippen LogP contribution >= 0.6 is 11.8 Å². The van der Waals surface area contributed by atoms with Crippen molar-refractivity contribution in [2.75, 3.05) is 5.75 Å². The van der Waals surface area contributed by atoms with Crippen LogP contribution in [0.5, 0.6) is 0 Å². The molecular formula is C14H15F3N2OS. The van der Waals surface area contributed by atoms with Gasteiger partial charge in [-0.15, -0.1) is 0 Å². The smallest absolute Gasteiger partial charge is 0.390 e. The van der Waals surface area contributed by atoms with E-state index in [1.165, 1.54) is 23.9 Å². The van der Waals surface area contributed by atoms with Crippen molar-refractivity contribution in [2.24, 2.45) is 0 Å². The minimum absolute atomic E-state index is 0.458. The Morgan fingerprint density at radius 3 is 2.52 bits per heavy atom. The molecule has 0 aliphatic carbocycles. The number of alkyl halides is 3. The molecule has 3 nitrogen and oxygen atoms in total. The molecule has 1 aromatic heterocycles. The Bertz CT molecular complexity index is 540. The van der Waals surface area contributed by atoms with Gasteiger partial charge in [0.25, 0.3) is 0 Å². The molecule has 1 heterocycles. The number of aliphatic hydroxyl groups is 1. The lowest BCUT2D eigenvalue weighted by Gasteiger charge is -2.11. The van der Waals surface area contributed by atoms with E-state index in [0.29, 0.717) is 18.1 Å². The fourth-order valence-corrected chi connectivity index (χ4v) is 2.72. The van der Waals surface area contributed by atoms with Gasteiger partial charge in [-0.1, -0.05) is 12.1 Å². The minimum Gasteiger partial charge on any atom is -0.390 e. The van der Waals surface area contributed by atoms with Gasteiger partial charge in [-0.25, -0.2) is 4.98 Å². The summed E-state index contributed by atoms with van der Waals surface area (Å²) in [4.78, 5) is 3.88. The van der Waals surface area contributed by atoms with Crippen LogP contribution in [0.4, 0.5) is 13.2 Å². The topological polar surface area (TPSA) is 38.0 Å². The van der Waals surface area contributed by atoms with Crippen molar-refractivity contribution in [2.45, 2.75) is 24.6 Å². The number of thioether (sulfide) groups is 1. The normalized spacial score (nSPS) is 13.3. The first-order valence-corrected chi connectivity index (χ1v) is 7.48. The largest absolute Gasteiger partial charge is 0.416 e. The zero-order chi connectivity index (χ0) is 15.3. The van der Waals surface area contributed by atoms with Crippen molar-refractivity contribution in [3.05, 3.63) is 54.1 Å². The molecule has 0 aliphatic rings. The predicted molar refractivity (Wildman–Crippen MR) is 75.8 cm³/mol. The first-order valence-electron chi connectivity index (χ1n) is 6.33. The molecule has 0 amide bonds. The van der Waals surface area contributed by atoms with Gasteiger partial charge in [0.05, 0.1) is 24.5 Å². The lowest BCUT2D eigenvalue weighted by Crippen LogP contribution is -2.17. The molecule has 0 aliphatic heterocycles. The van der Waals surface area contributed by atoms with Crippen molar-refractivity contribution in [1.29, 1.82) is 0 Å². The SMILES string of the molecule is OC(CSCc1ccc(C(F)(F)F)cc1)Cn1ccnc1. The van der Waals surface area contributed by atoms with E-state index >= 15 is 0 Å². The van der Waals surface area contributed by atoms with Crippen LogP contribution in [0.3, 0.4) is 0 Å². The summed E-state index contributed by atoms with van der Waals surface area (Å²) in [5.74, 6) is 1.08. The average molecular weight is 316 g/mol. The molecule has 0 radical (unpaired) electrons. The van der Waals surface area contributed by atoms with Crippen LogP contribution in [0.25, 0.3) is 0 Å². The van der Waals surface area contributed by atoms with E-state index in [-0.39, 0.29) is 0 Å². The first-order chi connectivity index (χ1) is 9.95. The molecule has 1 N–H and O–H groups in total. The second-order valence-corrected chi connectivity index (χ2v) is 5.65. The molecule has 0 saturated heterocycles. The maximum absolute atomic E-state index is 12.4. The van der Waals surface area contributed by atoms with E-state index in [9.17, 15) is 18.3 Å². The zero-order valence-corrected chi connectivity index (χ0v) is 11.9. The summed E-state index contributed by atoms with van der Waals surface area (Å²) >= 11 is 1.48. The van der Waals surface area contributed by atoms with Crippen LogP contribution in [-0.4, -0.2) is 26.5 Å². The van der Waals surface area contributed by atoms with E-state index in [0.717, 1.165) is 17.7 Å². The van der Waals surface area contributed by atoms with Gasteiger partial charge in [0.1, 0.15) is 0 Å². The molecule has 21 heavy (non-hydrogen) atoms. The number of rotatable bonds is 6. The molecular weight excluding hydrogens is 301 g/mol.